The summed E-state index contributed by atoms with van der Waals surface area (Å²) in [5.41, 5.74) is 10.1. The van der Waals surface area contributed by atoms with E-state index in [2.05, 4.69) is 32.0 Å². The molecule has 1 atom stereocenters. The molecule has 0 spiro atoms. The highest BCUT2D eigenvalue weighted by molar-refractivity contribution is 7.99. The van der Waals surface area contributed by atoms with Crippen molar-refractivity contribution in [1.29, 1.82) is 0 Å². The minimum absolute atomic E-state index is 0.0561. The van der Waals surface area contributed by atoms with Crippen molar-refractivity contribution in [3.8, 4) is 0 Å². The van der Waals surface area contributed by atoms with Crippen LogP contribution >= 0.6 is 23.4 Å². The van der Waals surface area contributed by atoms with Crippen LogP contribution < -0.4 is 5.73 Å². The molecule has 0 aliphatic rings. The van der Waals surface area contributed by atoms with E-state index in [1.807, 2.05) is 24.3 Å². The standard InChI is InChI=1S/C16H18ClNS/c1-11-4-3-5-15(12(11)2)16(18)10-19-14-8-6-13(17)7-9-14/h3-9,16H,10,18H2,1-2H3. The Morgan fingerprint density at radius 3 is 2.47 bits per heavy atom. The summed E-state index contributed by atoms with van der Waals surface area (Å²) in [5.74, 6) is 0.867. The maximum absolute atomic E-state index is 6.30. The molecule has 0 radical (unpaired) electrons. The number of thioether (sulfide) groups is 1. The summed E-state index contributed by atoms with van der Waals surface area (Å²) in [6, 6.07) is 14.3. The number of aryl methyl sites for hydroxylation is 1. The van der Waals surface area contributed by atoms with E-state index in [1.165, 1.54) is 21.6 Å². The minimum Gasteiger partial charge on any atom is -0.323 e. The molecule has 1 nitrogen and oxygen atoms in total. The highest BCUT2D eigenvalue weighted by Gasteiger charge is 2.10. The lowest BCUT2D eigenvalue weighted by atomic mass is 9.99. The fraction of sp³-hybridized carbons (Fsp3) is 0.250. The summed E-state index contributed by atoms with van der Waals surface area (Å²) < 4.78 is 0. The average molecular weight is 292 g/mol. The summed E-state index contributed by atoms with van der Waals surface area (Å²) in [4.78, 5) is 1.20. The summed E-state index contributed by atoms with van der Waals surface area (Å²) in [6.45, 7) is 4.26. The molecular weight excluding hydrogens is 274 g/mol. The highest BCUT2D eigenvalue weighted by Crippen LogP contribution is 2.26. The Morgan fingerprint density at radius 2 is 1.79 bits per heavy atom. The van der Waals surface area contributed by atoms with E-state index in [9.17, 15) is 0 Å². The molecule has 0 aliphatic carbocycles. The molecule has 2 aromatic rings. The fourth-order valence-corrected chi connectivity index (χ4v) is 2.99. The monoisotopic (exact) mass is 291 g/mol. The van der Waals surface area contributed by atoms with Gasteiger partial charge in [0.1, 0.15) is 0 Å². The molecule has 2 aromatic carbocycles. The zero-order valence-corrected chi connectivity index (χ0v) is 12.8. The van der Waals surface area contributed by atoms with E-state index in [1.54, 1.807) is 11.8 Å². The van der Waals surface area contributed by atoms with Gasteiger partial charge >= 0.3 is 0 Å². The molecule has 0 aromatic heterocycles. The van der Waals surface area contributed by atoms with Crippen molar-refractivity contribution in [3.63, 3.8) is 0 Å². The third-order valence-corrected chi connectivity index (χ3v) is 4.67. The van der Waals surface area contributed by atoms with Crippen LogP contribution in [0.25, 0.3) is 0 Å². The number of rotatable bonds is 4. The number of hydrogen-bond acceptors (Lipinski definition) is 2. The second kappa shape index (κ2) is 6.47. The lowest BCUT2D eigenvalue weighted by Gasteiger charge is -2.16. The molecule has 0 fully saturated rings. The van der Waals surface area contributed by atoms with Crippen LogP contribution in [0.4, 0.5) is 0 Å². The van der Waals surface area contributed by atoms with Crippen LogP contribution in [0, 0.1) is 13.8 Å². The number of nitrogens with two attached hydrogens (primary N) is 1. The van der Waals surface area contributed by atoms with Gasteiger partial charge in [-0.25, -0.2) is 0 Å². The Morgan fingerprint density at radius 1 is 1.11 bits per heavy atom. The molecule has 0 amide bonds. The molecule has 0 aliphatic heterocycles. The third-order valence-electron chi connectivity index (χ3n) is 3.29. The molecule has 2 N–H and O–H groups in total. The molecule has 3 heteroatoms. The van der Waals surface area contributed by atoms with Crippen LogP contribution in [-0.4, -0.2) is 5.75 Å². The maximum Gasteiger partial charge on any atom is 0.0406 e. The van der Waals surface area contributed by atoms with Crippen LogP contribution in [0.3, 0.4) is 0 Å². The predicted molar refractivity (Wildman–Crippen MR) is 85.0 cm³/mol. The van der Waals surface area contributed by atoms with Gasteiger partial charge in [0, 0.05) is 21.7 Å². The smallest absolute Gasteiger partial charge is 0.0406 e. The summed E-state index contributed by atoms with van der Waals surface area (Å²) >= 11 is 7.64. The van der Waals surface area contributed by atoms with Crippen LogP contribution in [0.1, 0.15) is 22.7 Å². The van der Waals surface area contributed by atoms with Gasteiger partial charge in [-0.3, -0.25) is 0 Å². The molecule has 2 rings (SSSR count). The van der Waals surface area contributed by atoms with Gasteiger partial charge in [0.15, 0.2) is 0 Å². The van der Waals surface area contributed by atoms with Gasteiger partial charge in [-0.05, 0) is 54.8 Å². The molecule has 0 heterocycles. The van der Waals surface area contributed by atoms with Gasteiger partial charge in [-0.15, -0.1) is 11.8 Å². The summed E-state index contributed by atoms with van der Waals surface area (Å²) in [7, 11) is 0. The van der Waals surface area contributed by atoms with Crippen molar-refractivity contribution in [2.75, 3.05) is 5.75 Å². The van der Waals surface area contributed by atoms with Crippen molar-refractivity contribution in [1.82, 2.24) is 0 Å². The maximum atomic E-state index is 6.30. The third kappa shape index (κ3) is 3.75. The van der Waals surface area contributed by atoms with E-state index in [0.717, 1.165) is 10.8 Å². The minimum atomic E-state index is 0.0561. The molecular formula is C16H18ClNS. The van der Waals surface area contributed by atoms with Gasteiger partial charge in [-0.1, -0.05) is 29.8 Å². The lowest BCUT2D eigenvalue weighted by molar-refractivity contribution is 0.820. The van der Waals surface area contributed by atoms with Crippen LogP contribution in [0.2, 0.25) is 5.02 Å². The Labute approximate surface area is 124 Å². The molecule has 0 bridgehead atoms. The van der Waals surface area contributed by atoms with Gasteiger partial charge in [0.05, 0.1) is 0 Å². The number of halogens is 1. The van der Waals surface area contributed by atoms with E-state index < -0.39 is 0 Å². The van der Waals surface area contributed by atoms with Crippen molar-refractivity contribution in [3.05, 3.63) is 64.2 Å². The van der Waals surface area contributed by atoms with E-state index >= 15 is 0 Å². The van der Waals surface area contributed by atoms with E-state index in [0.29, 0.717) is 0 Å². The van der Waals surface area contributed by atoms with Crippen LogP contribution in [0.5, 0.6) is 0 Å². The van der Waals surface area contributed by atoms with Crippen molar-refractivity contribution in [2.24, 2.45) is 5.73 Å². The lowest BCUT2D eigenvalue weighted by Crippen LogP contribution is -2.14. The highest BCUT2D eigenvalue weighted by atomic mass is 35.5. The topological polar surface area (TPSA) is 26.0 Å². The zero-order chi connectivity index (χ0) is 13.8. The Kier molecular flexibility index (Phi) is 4.92. The molecule has 0 saturated heterocycles. The molecule has 0 saturated carbocycles. The second-order valence-electron chi connectivity index (χ2n) is 4.66. The average Bonchev–Trinajstić information content (AvgIpc) is 2.41. The predicted octanol–water partition coefficient (Wildman–Crippen LogP) is 4.75. The largest absolute Gasteiger partial charge is 0.323 e. The first kappa shape index (κ1) is 14.4. The molecule has 19 heavy (non-hydrogen) atoms. The first-order chi connectivity index (χ1) is 9.08. The first-order valence-corrected chi connectivity index (χ1v) is 7.64. The SMILES string of the molecule is Cc1cccc(C(N)CSc2ccc(Cl)cc2)c1C. The molecule has 100 valence electrons. The molecule has 1 unspecified atom stereocenters. The zero-order valence-electron chi connectivity index (χ0n) is 11.2. The van der Waals surface area contributed by atoms with E-state index in [4.69, 9.17) is 17.3 Å². The van der Waals surface area contributed by atoms with Crippen molar-refractivity contribution in [2.45, 2.75) is 24.8 Å². The van der Waals surface area contributed by atoms with Gasteiger partial charge < -0.3 is 5.73 Å². The van der Waals surface area contributed by atoms with Gasteiger partial charge in [0.25, 0.3) is 0 Å². The van der Waals surface area contributed by atoms with Crippen molar-refractivity contribution >= 4 is 23.4 Å². The Hall–Kier alpha value is -0.960. The Balaban J connectivity index is 2.03. The van der Waals surface area contributed by atoms with Crippen LogP contribution in [0.15, 0.2) is 47.4 Å². The quantitative estimate of drug-likeness (QED) is 0.823. The van der Waals surface area contributed by atoms with Gasteiger partial charge in [0.2, 0.25) is 0 Å². The second-order valence-corrected chi connectivity index (χ2v) is 6.19. The van der Waals surface area contributed by atoms with Gasteiger partial charge in [-0.2, -0.15) is 0 Å². The normalized spacial score (nSPS) is 12.4. The van der Waals surface area contributed by atoms with Crippen molar-refractivity contribution < 1.29 is 0 Å². The van der Waals surface area contributed by atoms with Crippen LogP contribution in [-0.2, 0) is 0 Å². The number of hydrogen-bond donors (Lipinski definition) is 1. The first-order valence-electron chi connectivity index (χ1n) is 6.28. The number of benzene rings is 2. The summed E-state index contributed by atoms with van der Waals surface area (Å²) in [5, 5.41) is 0.767. The Bertz CT molecular complexity index is 551. The summed E-state index contributed by atoms with van der Waals surface area (Å²) in [6.07, 6.45) is 0. The van der Waals surface area contributed by atoms with E-state index in [-0.39, 0.29) is 6.04 Å². The fourth-order valence-electron chi connectivity index (χ4n) is 1.98.